The van der Waals surface area contributed by atoms with E-state index >= 15 is 0 Å². The van der Waals surface area contributed by atoms with Crippen molar-refractivity contribution < 1.29 is 4.79 Å². The SMILES string of the molecule is CC(NC(=O)c1ccncc1Cl)c1ncn[nH]1. The van der Waals surface area contributed by atoms with Gasteiger partial charge in [-0.1, -0.05) is 11.6 Å². The van der Waals surface area contributed by atoms with Gasteiger partial charge in [0.2, 0.25) is 0 Å². The van der Waals surface area contributed by atoms with Crippen molar-refractivity contribution in [2.75, 3.05) is 0 Å². The maximum Gasteiger partial charge on any atom is 0.253 e. The Morgan fingerprint density at radius 2 is 2.41 bits per heavy atom. The predicted octanol–water partition coefficient (Wildman–Crippen LogP) is 1.34. The quantitative estimate of drug-likeness (QED) is 0.862. The first-order valence-electron chi connectivity index (χ1n) is 4.94. The largest absolute Gasteiger partial charge is 0.342 e. The molecule has 7 heteroatoms. The number of rotatable bonds is 3. The molecule has 0 aliphatic heterocycles. The Morgan fingerprint density at radius 1 is 1.59 bits per heavy atom. The first-order chi connectivity index (χ1) is 8.18. The molecule has 88 valence electrons. The summed E-state index contributed by atoms with van der Waals surface area (Å²) in [4.78, 5) is 19.7. The molecule has 2 N–H and O–H groups in total. The van der Waals surface area contributed by atoms with Crippen LogP contribution >= 0.6 is 11.6 Å². The van der Waals surface area contributed by atoms with E-state index in [1.165, 1.54) is 18.7 Å². The Kier molecular flexibility index (Phi) is 3.34. The van der Waals surface area contributed by atoms with Crippen LogP contribution in [0.15, 0.2) is 24.8 Å². The van der Waals surface area contributed by atoms with Crippen molar-refractivity contribution in [3.05, 3.63) is 41.2 Å². The summed E-state index contributed by atoms with van der Waals surface area (Å²) in [7, 11) is 0. The van der Waals surface area contributed by atoms with Crippen molar-refractivity contribution >= 4 is 17.5 Å². The second-order valence-electron chi connectivity index (χ2n) is 3.42. The van der Waals surface area contributed by atoms with E-state index in [2.05, 4.69) is 25.5 Å². The Bertz CT molecular complexity index is 513. The molecule has 1 amide bonds. The number of nitrogens with zero attached hydrogens (tertiary/aromatic N) is 3. The number of nitrogens with one attached hydrogen (secondary N) is 2. The summed E-state index contributed by atoms with van der Waals surface area (Å²) in [5.41, 5.74) is 0.382. The molecule has 1 atom stereocenters. The second kappa shape index (κ2) is 4.92. The number of amides is 1. The Balaban J connectivity index is 2.10. The zero-order chi connectivity index (χ0) is 12.3. The molecule has 0 saturated carbocycles. The molecule has 0 fully saturated rings. The first kappa shape index (κ1) is 11.5. The number of halogens is 1. The van der Waals surface area contributed by atoms with Gasteiger partial charge in [-0.3, -0.25) is 14.9 Å². The Labute approximate surface area is 102 Å². The smallest absolute Gasteiger partial charge is 0.253 e. The number of carbonyl (C=O) groups excluding carboxylic acids is 1. The molecule has 0 bridgehead atoms. The monoisotopic (exact) mass is 251 g/mol. The van der Waals surface area contributed by atoms with Crippen LogP contribution in [0.5, 0.6) is 0 Å². The third-order valence-electron chi connectivity index (χ3n) is 2.21. The van der Waals surface area contributed by atoms with Crippen LogP contribution in [0.4, 0.5) is 0 Å². The topological polar surface area (TPSA) is 83.6 Å². The molecule has 0 saturated heterocycles. The molecule has 0 aromatic carbocycles. The fourth-order valence-corrected chi connectivity index (χ4v) is 1.53. The van der Waals surface area contributed by atoms with Gasteiger partial charge in [0.25, 0.3) is 5.91 Å². The van der Waals surface area contributed by atoms with E-state index in [0.29, 0.717) is 16.4 Å². The molecule has 0 aliphatic rings. The minimum Gasteiger partial charge on any atom is -0.342 e. The highest BCUT2D eigenvalue weighted by molar-refractivity contribution is 6.33. The number of aromatic amines is 1. The molecular formula is C10H10ClN5O. The van der Waals surface area contributed by atoms with Crippen LogP contribution in [0.2, 0.25) is 5.02 Å². The molecule has 0 spiro atoms. The van der Waals surface area contributed by atoms with Gasteiger partial charge in [0.15, 0.2) is 0 Å². The average Bonchev–Trinajstić information content (AvgIpc) is 2.82. The van der Waals surface area contributed by atoms with E-state index in [1.807, 2.05) is 0 Å². The first-order valence-corrected chi connectivity index (χ1v) is 5.32. The molecule has 6 nitrogen and oxygen atoms in total. The van der Waals surface area contributed by atoms with Crippen LogP contribution in [0.1, 0.15) is 29.1 Å². The zero-order valence-electron chi connectivity index (χ0n) is 9.01. The lowest BCUT2D eigenvalue weighted by Gasteiger charge is -2.11. The van der Waals surface area contributed by atoms with E-state index in [4.69, 9.17) is 11.6 Å². The highest BCUT2D eigenvalue weighted by Gasteiger charge is 2.15. The van der Waals surface area contributed by atoms with Gasteiger partial charge in [0.05, 0.1) is 16.6 Å². The summed E-state index contributed by atoms with van der Waals surface area (Å²) in [5.74, 6) is 0.310. The standard InChI is InChI=1S/C10H10ClN5O/c1-6(9-13-5-14-16-9)15-10(17)7-2-3-12-4-8(7)11/h2-6H,1H3,(H,15,17)(H,13,14,16). The van der Waals surface area contributed by atoms with Crippen molar-refractivity contribution in [2.45, 2.75) is 13.0 Å². The fourth-order valence-electron chi connectivity index (χ4n) is 1.33. The Hall–Kier alpha value is -1.95. The minimum atomic E-state index is -0.277. The number of pyridine rings is 1. The minimum absolute atomic E-state index is 0.269. The number of carbonyl (C=O) groups is 1. The lowest BCUT2D eigenvalue weighted by molar-refractivity contribution is 0.0938. The van der Waals surface area contributed by atoms with Crippen molar-refractivity contribution in [3.63, 3.8) is 0 Å². The van der Waals surface area contributed by atoms with Crippen LogP contribution in [0.25, 0.3) is 0 Å². The third-order valence-corrected chi connectivity index (χ3v) is 2.51. The third kappa shape index (κ3) is 2.59. The highest BCUT2D eigenvalue weighted by atomic mass is 35.5. The van der Waals surface area contributed by atoms with E-state index in [0.717, 1.165) is 0 Å². The number of hydrogen-bond donors (Lipinski definition) is 2. The van der Waals surface area contributed by atoms with Gasteiger partial charge in [0, 0.05) is 12.4 Å². The van der Waals surface area contributed by atoms with E-state index < -0.39 is 0 Å². The molecule has 2 heterocycles. The molecule has 1 unspecified atom stereocenters. The van der Waals surface area contributed by atoms with Crippen LogP contribution < -0.4 is 5.32 Å². The van der Waals surface area contributed by atoms with E-state index in [-0.39, 0.29) is 11.9 Å². The lowest BCUT2D eigenvalue weighted by Crippen LogP contribution is -2.27. The lowest BCUT2D eigenvalue weighted by atomic mass is 10.2. The molecule has 0 aliphatic carbocycles. The summed E-state index contributed by atoms with van der Waals surface area (Å²) in [6, 6.07) is 1.29. The summed E-state index contributed by atoms with van der Waals surface area (Å²) >= 11 is 5.87. The van der Waals surface area contributed by atoms with Gasteiger partial charge in [-0.2, -0.15) is 5.10 Å². The van der Waals surface area contributed by atoms with Crippen molar-refractivity contribution in [3.8, 4) is 0 Å². The molecule has 2 aromatic rings. The van der Waals surface area contributed by atoms with E-state index in [1.54, 1.807) is 13.0 Å². The van der Waals surface area contributed by atoms with E-state index in [9.17, 15) is 4.79 Å². The van der Waals surface area contributed by atoms with Gasteiger partial charge >= 0.3 is 0 Å². The van der Waals surface area contributed by atoms with Crippen molar-refractivity contribution in [1.82, 2.24) is 25.5 Å². The van der Waals surface area contributed by atoms with Crippen LogP contribution in [-0.4, -0.2) is 26.1 Å². The van der Waals surface area contributed by atoms with Gasteiger partial charge in [-0.25, -0.2) is 4.98 Å². The van der Waals surface area contributed by atoms with Crippen LogP contribution in [-0.2, 0) is 0 Å². The van der Waals surface area contributed by atoms with Gasteiger partial charge < -0.3 is 5.32 Å². The van der Waals surface area contributed by atoms with Crippen molar-refractivity contribution in [1.29, 1.82) is 0 Å². The number of H-pyrrole nitrogens is 1. The maximum absolute atomic E-state index is 11.9. The maximum atomic E-state index is 11.9. The molecule has 2 rings (SSSR count). The number of aromatic nitrogens is 4. The van der Waals surface area contributed by atoms with Crippen LogP contribution in [0.3, 0.4) is 0 Å². The molecule has 17 heavy (non-hydrogen) atoms. The summed E-state index contributed by atoms with van der Waals surface area (Å²) in [6.07, 6.45) is 4.33. The van der Waals surface area contributed by atoms with Crippen molar-refractivity contribution in [2.24, 2.45) is 0 Å². The van der Waals surface area contributed by atoms with Gasteiger partial charge in [-0.15, -0.1) is 0 Å². The normalized spacial score (nSPS) is 12.1. The number of hydrogen-bond acceptors (Lipinski definition) is 4. The summed E-state index contributed by atoms with van der Waals surface area (Å²) in [5, 5.41) is 9.47. The van der Waals surface area contributed by atoms with Gasteiger partial charge in [0.1, 0.15) is 12.2 Å². The average molecular weight is 252 g/mol. The highest BCUT2D eigenvalue weighted by Crippen LogP contribution is 2.14. The summed E-state index contributed by atoms with van der Waals surface area (Å²) in [6.45, 7) is 1.80. The van der Waals surface area contributed by atoms with Crippen LogP contribution in [0, 0.1) is 0 Å². The molecular weight excluding hydrogens is 242 g/mol. The fraction of sp³-hybridized carbons (Fsp3) is 0.200. The molecule has 2 aromatic heterocycles. The Morgan fingerprint density at radius 3 is 3.06 bits per heavy atom. The molecule has 0 radical (unpaired) electrons. The predicted molar refractivity (Wildman–Crippen MR) is 61.5 cm³/mol. The summed E-state index contributed by atoms with van der Waals surface area (Å²) < 4.78 is 0. The van der Waals surface area contributed by atoms with Gasteiger partial charge in [-0.05, 0) is 13.0 Å². The second-order valence-corrected chi connectivity index (χ2v) is 3.83. The zero-order valence-corrected chi connectivity index (χ0v) is 9.77.